The number of urea groups is 1. The van der Waals surface area contributed by atoms with Crippen molar-refractivity contribution in [3.63, 3.8) is 0 Å². The molecule has 0 unspecified atom stereocenters. The largest absolute Gasteiger partial charge is 0.496 e. The van der Waals surface area contributed by atoms with Crippen molar-refractivity contribution in [2.75, 3.05) is 22.6 Å². The minimum atomic E-state index is -0.635. The van der Waals surface area contributed by atoms with Crippen LogP contribution in [0, 0.1) is 0 Å². The van der Waals surface area contributed by atoms with E-state index in [-0.39, 0.29) is 11.8 Å². The lowest BCUT2D eigenvalue weighted by atomic mass is 9.85. The number of anilines is 3. The van der Waals surface area contributed by atoms with Crippen LogP contribution < -0.4 is 20.3 Å². The Balaban J connectivity index is 1.74. The van der Waals surface area contributed by atoms with Gasteiger partial charge in [-0.3, -0.25) is 9.69 Å². The van der Waals surface area contributed by atoms with Gasteiger partial charge in [-0.25, -0.2) is 4.79 Å². The van der Waals surface area contributed by atoms with Crippen molar-refractivity contribution in [1.29, 1.82) is 0 Å². The molecule has 1 aliphatic carbocycles. The van der Waals surface area contributed by atoms with Gasteiger partial charge in [0.2, 0.25) is 0 Å². The Bertz CT molecular complexity index is 1240. The van der Waals surface area contributed by atoms with E-state index >= 15 is 0 Å². The molecule has 1 heterocycles. The van der Waals surface area contributed by atoms with Gasteiger partial charge in [0, 0.05) is 28.9 Å². The van der Waals surface area contributed by atoms with Crippen LogP contribution in [0.4, 0.5) is 21.9 Å². The molecule has 0 bridgehead atoms. The van der Waals surface area contributed by atoms with Gasteiger partial charge in [-0.1, -0.05) is 48.5 Å². The summed E-state index contributed by atoms with van der Waals surface area (Å²) in [4.78, 5) is 28.9. The highest BCUT2D eigenvalue weighted by molar-refractivity contribution is 6.09. The van der Waals surface area contributed by atoms with Gasteiger partial charge < -0.3 is 15.4 Å². The number of Topliss-reactive ketones (excluding diaryl/α,β-unsaturated/α-hetero) is 1. The predicted molar refractivity (Wildman–Crippen MR) is 130 cm³/mol. The highest BCUT2D eigenvalue weighted by atomic mass is 16.5. The number of allylic oxidation sites excluding steroid dienone is 1. The summed E-state index contributed by atoms with van der Waals surface area (Å²) < 4.78 is 5.68. The first-order valence-electron chi connectivity index (χ1n) is 11.1. The first-order chi connectivity index (χ1) is 16.2. The van der Waals surface area contributed by atoms with Crippen LogP contribution >= 0.6 is 0 Å². The molecule has 0 saturated heterocycles. The standard InChI is InChI=1S/C27H25N3O3/c1-33-24-17-8-5-12-19(24)26-25-21(14-9-16-23(25)31)29-20-13-6-7-15-22(20)30(26)27(32)28-18-10-3-2-4-11-18/h2-8,10-13,15,17,26,29H,9,14,16H2,1H3,(H,28,32)/t26-/m1/s1. The molecule has 33 heavy (non-hydrogen) atoms. The number of nitrogens with zero attached hydrogens (tertiary/aromatic N) is 1. The SMILES string of the molecule is COc1ccccc1[C@@H]1C2=C(CCCC2=O)Nc2ccccc2N1C(=O)Nc1ccccc1. The zero-order valence-electron chi connectivity index (χ0n) is 18.4. The topological polar surface area (TPSA) is 70.7 Å². The average Bonchev–Trinajstić information content (AvgIpc) is 2.99. The smallest absolute Gasteiger partial charge is 0.327 e. The fourth-order valence-electron chi connectivity index (χ4n) is 4.65. The molecule has 6 nitrogen and oxygen atoms in total. The molecular weight excluding hydrogens is 414 g/mol. The van der Waals surface area contributed by atoms with Gasteiger partial charge >= 0.3 is 6.03 Å². The Morgan fingerprint density at radius 2 is 1.70 bits per heavy atom. The minimum Gasteiger partial charge on any atom is -0.496 e. The van der Waals surface area contributed by atoms with Gasteiger partial charge in [0.25, 0.3) is 0 Å². The van der Waals surface area contributed by atoms with E-state index in [2.05, 4.69) is 10.6 Å². The van der Waals surface area contributed by atoms with Crippen molar-refractivity contribution in [3.05, 3.63) is 95.7 Å². The van der Waals surface area contributed by atoms with Crippen molar-refractivity contribution < 1.29 is 14.3 Å². The quantitative estimate of drug-likeness (QED) is 0.532. The molecule has 1 aliphatic heterocycles. The summed E-state index contributed by atoms with van der Waals surface area (Å²) in [6.45, 7) is 0. The summed E-state index contributed by atoms with van der Waals surface area (Å²) in [5.74, 6) is 0.676. The lowest BCUT2D eigenvalue weighted by Gasteiger charge is -2.34. The summed E-state index contributed by atoms with van der Waals surface area (Å²) in [7, 11) is 1.61. The number of benzene rings is 3. The van der Waals surface area contributed by atoms with E-state index in [0.717, 1.165) is 29.8 Å². The van der Waals surface area contributed by atoms with Crippen LogP contribution in [0.15, 0.2) is 90.1 Å². The maximum atomic E-state index is 13.9. The molecule has 2 amide bonds. The Hall–Kier alpha value is -4.06. The molecule has 1 atom stereocenters. The third kappa shape index (κ3) is 3.84. The number of nitrogens with one attached hydrogen (secondary N) is 2. The summed E-state index contributed by atoms with van der Waals surface area (Å²) in [5.41, 5.74) is 4.42. The second-order valence-electron chi connectivity index (χ2n) is 8.12. The number of carbonyl (C=O) groups excluding carboxylic acids is 2. The predicted octanol–water partition coefficient (Wildman–Crippen LogP) is 5.91. The van der Waals surface area contributed by atoms with E-state index in [4.69, 9.17) is 4.74 Å². The average molecular weight is 440 g/mol. The number of ketones is 1. The van der Waals surface area contributed by atoms with Crippen molar-refractivity contribution in [3.8, 4) is 5.75 Å². The molecule has 0 fully saturated rings. The molecule has 166 valence electrons. The fraction of sp³-hybridized carbons (Fsp3) is 0.185. The summed E-state index contributed by atoms with van der Waals surface area (Å²) in [6, 6.07) is 23.6. The number of methoxy groups -OCH3 is 1. The van der Waals surface area contributed by atoms with E-state index in [0.29, 0.717) is 29.1 Å². The van der Waals surface area contributed by atoms with Crippen molar-refractivity contribution >= 4 is 28.9 Å². The third-order valence-electron chi connectivity index (χ3n) is 6.11. The highest BCUT2D eigenvalue weighted by Crippen LogP contribution is 2.46. The van der Waals surface area contributed by atoms with Crippen LogP contribution in [-0.4, -0.2) is 18.9 Å². The molecule has 0 saturated carbocycles. The Morgan fingerprint density at radius 3 is 2.52 bits per heavy atom. The molecule has 6 heteroatoms. The maximum absolute atomic E-state index is 13.9. The van der Waals surface area contributed by atoms with Crippen molar-refractivity contribution in [2.45, 2.75) is 25.3 Å². The highest BCUT2D eigenvalue weighted by Gasteiger charge is 2.40. The van der Waals surface area contributed by atoms with Gasteiger partial charge in [-0.15, -0.1) is 0 Å². The number of rotatable bonds is 3. The summed E-state index contributed by atoms with van der Waals surface area (Å²) in [5, 5.41) is 6.49. The number of fused-ring (bicyclic) bond motifs is 1. The minimum absolute atomic E-state index is 0.0463. The van der Waals surface area contributed by atoms with E-state index in [1.165, 1.54) is 0 Å². The third-order valence-corrected chi connectivity index (χ3v) is 6.11. The maximum Gasteiger partial charge on any atom is 0.327 e. The van der Waals surface area contributed by atoms with Crippen molar-refractivity contribution in [2.24, 2.45) is 0 Å². The Morgan fingerprint density at radius 1 is 0.970 bits per heavy atom. The molecule has 5 rings (SSSR count). The van der Waals surface area contributed by atoms with E-state index < -0.39 is 6.04 Å². The monoisotopic (exact) mass is 439 g/mol. The molecule has 0 aromatic heterocycles. The number of hydrogen-bond acceptors (Lipinski definition) is 4. The molecule has 3 aromatic carbocycles. The molecule has 0 radical (unpaired) electrons. The first-order valence-corrected chi connectivity index (χ1v) is 11.1. The first kappa shape index (κ1) is 20.8. The van der Waals surface area contributed by atoms with Crippen LogP contribution in [0.5, 0.6) is 5.75 Å². The lowest BCUT2D eigenvalue weighted by Crippen LogP contribution is -2.40. The van der Waals surface area contributed by atoms with E-state index in [1.54, 1.807) is 12.0 Å². The zero-order valence-corrected chi connectivity index (χ0v) is 18.4. The van der Waals surface area contributed by atoms with Crippen LogP contribution in [0.1, 0.15) is 30.9 Å². The molecule has 3 aromatic rings. The van der Waals surface area contributed by atoms with Crippen LogP contribution in [0.3, 0.4) is 0 Å². The zero-order chi connectivity index (χ0) is 22.8. The fourth-order valence-corrected chi connectivity index (χ4v) is 4.65. The van der Waals surface area contributed by atoms with E-state index in [1.807, 2.05) is 78.9 Å². The molecular formula is C27H25N3O3. The van der Waals surface area contributed by atoms with Gasteiger partial charge in [-0.05, 0) is 43.2 Å². The summed E-state index contributed by atoms with van der Waals surface area (Å²) >= 11 is 0. The second-order valence-corrected chi connectivity index (χ2v) is 8.12. The van der Waals surface area contributed by atoms with E-state index in [9.17, 15) is 9.59 Å². The summed E-state index contributed by atoms with van der Waals surface area (Å²) in [6.07, 6.45) is 1.98. The molecule has 2 N–H and O–H groups in total. The van der Waals surface area contributed by atoms with Gasteiger partial charge in [0.05, 0.1) is 24.5 Å². The normalized spacial score (nSPS) is 17.4. The number of ether oxygens (including phenoxy) is 1. The number of carbonyl (C=O) groups is 2. The molecule has 2 aliphatic rings. The van der Waals surface area contributed by atoms with Crippen LogP contribution in [-0.2, 0) is 4.79 Å². The number of para-hydroxylation sites is 4. The Kier molecular flexibility index (Phi) is 5.57. The lowest BCUT2D eigenvalue weighted by molar-refractivity contribution is -0.116. The van der Waals surface area contributed by atoms with Gasteiger partial charge in [0.15, 0.2) is 5.78 Å². The van der Waals surface area contributed by atoms with Crippen molar-refractivity contribution in [1.82, 2.24) is 0 Å². The van der Waals surface area contributed by atoms with Gasteiger partial charge in [0.1, 0.15) is 5.75 Å². The molecule has 0 spiro atoms. The van der Waals surface area contributed by atoms with Gasteiger partial charge in [-0.2, -0.15) is 0 Å². The van der Waals surface area contributed by atoms with Crippen LogP contribution in [0.25, 0.3) is 0 Å². The number of amides is 2. The number of hydrogen-bond donors (Lipinski definition) is 2. The second kappa shape index (κ2) is 8.82. The Labute approximate surface area is 192 Å². The van der Waals surface area contributed by atoms with Crippen LogP contribution in [0.2, 0.25) is 0 Å².